The molecule has 2 aliphatic heterocycles. The lowest BCUT2D eigenvalue weighted by Crippen LogP contribution is -2.37. The number of nitrogens with zero attached hydrogens (tertiary/aromatic N) is 5. The highest BCUT2D eigenvalue weighted by Gasteiger charge is 2.31. The zero-order valence-electron chi connectivity index (χ0n) is 17.2. The van der Waals surface area contributed by atoms with Crippen molar-refractivity contribution in [2.24, 2.45) is 0 Å². The molecule has 1 atom stereocenters. The summed E-state index contributed by atoms with van der Waals surface area (Å²) in [6, 6.07) is 0. The molecule has 0 radical (unpaired) electrons. The Kier molecular flexibility index (Phi) is 5.52. The molecule has 2 aromatic heterocycles. The first-order valence-corrected chi connectivity index (χ1v) is 11.4. The van der Waals surface area contributed by atoms with Gasteiger partial charge in [0.05, 0.1) is 28.6 Å². The average molecular weight is 417 g/mol. The Morgan fingerprint density at radius 1 is 1.24 bits per heavy atom. The zero-order valence-corrected chi connectivity index (χ0v) is 18.0. The van der Waals surface area contributed by atoms with E-state index in [0.29, 0.717) is 34.8 Å². The first-order chi connectivity index (χ1) is 13.9. The van der Waals surface area contributed by atoms with Gasteiger partial charge in [0, 0.05) is 43.6 Å². The maximum absolute atomic E-state index is 12.5. The number of rotatable bonds is 5. The molecule has 0 saturated carbocycles. The van der Waals surface area contributed by atoms with Crippen LogP contribution in [0, 0.1) is 6.92 Å². The fourth-order valence-electron chi connectivity index (χ4n) is 3.72. The van der Waals surface area contributed by atoms with Crippen molar-refractivity contribution in [3.8, 4) is 0 Å². The molecule has 1 fully saturated rings. The number of aliphatic hydroxyl groups excluding tert-OH is 1. The Balaban J connectivity index is 1.55. The standard InChI is InChI=1S/C20H28N6O2S/c1-13-10-21-17(22-11-13)14-4-7-26(8-5-14)19-23-15-6-9-29(28)16(15)18(24-19)25-20(2,3)12-27/h10-11,14,27H,4-9,12H2,1-3H3,(H,23,24,25)/t29-/m1/s1. The van der Waals surface area contributed by atoms with E-state index in [0.717, 1.165) is 43.0 Å². The van der Waals surface area contributed by atoms with Gasteiger partial charge in [0.2, 0.25) is 5.95 Å². The van der Waals surface area contributed by atoms with E-state index in [-0.39, 0.29) is 6.61 Å². The first kappa shape index (κ1) is 20.2. The van der Waals surface area contributed by atoms with Crippen LogP contribution >= 0.6 is 0 Å². The highest BCUT2D eigenvalue weighted by molar-refractivity contribution is 7.85. The lowest BCUT2D eigenvalue weighted by Gasteiger charge is -2.32. The molecule has 0 bridgehead atoms. The largest absolute Gasteiger partial charge is 0.394 e. The van der Waals surface area contributed by atoms with Gasteiger partial charge in [-0.3, -0.25) is 4.21 Å². The molecule has 9 heteroatoms. The second kappa shape index (κ2) is 7.95. The van der Waals surface area contributed by atoms with Crippen LogP contribution in [-0.2, 0) is 17.2 Å². The maximum atomic E-state index is 12.5. The second-order valence-corrected chi connectivity index (χ2v) is 10.0. The fraction of sp³-hybridized carbons (Fsp3) is 0.600. The van der Waals surface area contributed by atoms with Gasteiger partial charge in [-0.1, -0.05) is 0 Å². The van der Waals surface area contributed by atoms with E-state index in [9.17, 15) is 9.32 Å². The van der Waals surface area contributed by atoms with Gasteiger partial charge in [-0.15, -0.1) is 0 Å². The van der Waals surface area contributed by atoms with Crippen LogP contribution in [-0.4, -0.2) is 60.2 Å². The fourth-order valence-corrected chi connectivity index (χ4v) is 5.03. The van der Waals surface area contributed by atoms with Gasteiger partial charge >= 0.3 is 0 Å². The monoisotopic (exact) mass is 416 g/mol. The highest BCUT2D eigenvalue weighted by Crippen LogP contribution is 2.33. The van der Waals surface area contributed by atoms with Crippen LogP contribution in [0.4, 0.5) is 11.8 Å². The number of hydrogen-bond acceptors (Lipinski definition) is 8. The number of nitrogens with one attached hydrogen (secondary N) is 1. The van der Waals surface area contributed by atoms with Crippen molar-refractivity contribution in [1.82, 2.24) is 19.9 Å². The Morgan fingerprint density at radius 3 is 2.59 bits per heavy atom. The zero-order chi connectivity index (χ0) is 20.6. The maximum Gasteiger partial charge on any atom is 0.227 e. The molecule has 2 aromatic rings. The van der Waals surface area contributed by atoms with E-state index >= 15 is 0 Å². The highest BCUT2D eigenvalue weighted by atomic mass is 32.2. The molecule has 1 saturated heterocycles. The number of aromatic nitrogens is 4. The van der Waals surface area contributed by atoms with Gasteiger partial charge in [0.15, 0.2) is 0 Å². The summed E-state index contributed by atoms with van der Waals surface area (Å²) >= 11 is 0. The normalized spacial score (nSPS) is 20.0. The topological polar surface area (TPSA) is 104 Å². The SMILES string of the molecule is Cc1cnc(C2CCN(c3nc4c(c(NC(C)(C)CO)n3)[S@](=O)CC4)CC2)nc1. The summed E-state index contributed by atoms with van der Waals surface area (Å²) in [5.74, 6) is 3.09. The van der Waals surface area contributed by atoms with E-state index < -0.39 is 16.3 Å². The second-order valence-electron chi connectivity index (χ2n) is 8.49. The van der Waals surface area contributed by atoms with Crippen LogP contribution in [0.3, 0.4) is 0 Å². The van der Waals surface area contributed by atoms with Gasteiger partial charge in [-0.25, -0.2) is 15.0 Å². The number of piperidine rings is 1. The molecule has 8 nitrogen and oxygen atoms in total. The first-order valence-electron chi connectivity index (χ1n) is 10.1. The summed E-state index contributed by atoms with van der Waals surface area (Å²) in [5.41, 5.74) is 1.37. The minimum absolute atomic E-state index is 0.0459. The summed E-state index contributed by atoms with van der Waals surface area (Å²) in [5, 5.41) is 12.9. The minimum atomic E-state index is -1.10. The van der Waals surface area contributed by atoms with E-state index in [2.05, 4.69) is 20.2 Å². The summed E-state index contributed by atoms with van der Waals surface area (Å²) in [6.45, 7) is 7.39. The lowest BCUT2D eigenvalue weighted by atomic mass is 9.96. The third kappa shape index (κ3) is 4.25. The van der Waals surface area contributed by atoms with E-state index in [1.54, 1.807) is 0 Å². The van der Waals surface area contributed by atoms with E-state index in [4.69, 9.17) is 9.97 Å². The smallest absolute Gasteiger partial charge is 0.227 e. The third-order valence-corrected chi connectivity index (χ3v) is 6.93. The summed E-state index contributed by atoms with van der Waals surface area (Å²) in [7, 11) is -1.10. The molecule has 0 aliphatic carbocycles. The minimum Gasteiger partial charge on any atom is -0.394 e. The molecule has 2 aliphatic rings. The van der Waals surface area contributed by atoms with E-state index in [1.165, 1.54) is 0 Å². The number of anilines is 2. The van der Waals surface area contributed by atoms with Crippen LogP contribution in [0.2, 0.25) is 0 Å². The molecular formula is C20H28N6O2S. The summed E-state index contributed by atoms with van der Waals surface area (Å²) in [4.78, 5) is 21.3. The van der Waals surface area contributed by atoms with Gasteiger partial charge in [0.1, 0.15) is 16.5 Å². The lowest BCUT2D eigenvalue weighted by molar-refractivity contribution is 0.233. The molecule has 0 aromatic carbocycles. The van der Waals surface area contributed by atoms with Crippen LogP contribution in [0.5, 0.6) is 0 Å². The van der Waals surface area contributed by atoms with Gasteiger partial charge in [-0.2, -0.15) is 4.98 Å². The predicted octanol–water partition coefficient (Wildman–Crippen LogP) is 1.81. The van der Waals surface area contributed by atoms with Crippen LogP contribution in [0.1, 0.15) is 49.7 Å². The van der Waals surface area contributed by atoms with Crippen molar-refractivity contribution in [1.29, 1.82) is 0 Å². The van der Waals surface area contributed by atoms with Crippen molar-refractivity contribution in [2.75, 3.05) is 35.7 Å². The third-order valence-electron chi connectivity index (χ3n) is 5.47. The Hall–Kier alpha value is -2.13. The number of hydrogen-bond donors (Lipinski definition) is 2. The number of aliphatic hydroxyl groups is 1. The number of fused-ring (bicyclic) bond motifs is 1. The van der Waals surface area contributed by atoms with Crippen LogP contribution in [0.25, 0.3) is 0 Å². The molecule has 0 spiro atoms. The Morgan fingerprint density at radius 2 is 1.93 bits per heavy atom. The predicted molar refractivity (Wildman–Crippen MR) is 113 cm³/mol. The molecule has 29 heavy (non-hydrogen) atoms. The van der Waals surface area contributed by atoms with Crippen molar-refractivity contribution in [2.45, 2.75) is 56.4 Å². The molecule has 4 rings (SSSR count). The van der Waals surface area contributed by atoms with Gasteiger partial charge in [0.25, 0.3) is 0 Å². The molecular weight excluding hydrogens is 388 g/mol. The van der Waals surface area contributed by atoms with Crippen molar-refractivity contribution in [3.63, 3.8) is 0 Å². The van der Waals surface area contributed by atoms with E-state index in [1.807, 2.05) is 33.2 Å². The summed E-state index contributed by atoms with van der Waals surface area (Å²) in [6.07, 6.45) is 6.33. The van der Waals surface area contributed by atoms with Gasteiger partial charge < -0.3 is 15.3 Å². The van der Waals surface area contributed by atoms with Gasteiger partial charge in [-0.05, 0) is 39.2 Å². The van der Waals surface area contributed by atoms with Crippen LogP contribution in [0.15, 0.2) is 17.3 Å². The Labute approximate surface area is 173 Å². The van der Waals surface area contributed by atoms with Crippen LogP contribution < -0.4 is 10.2 Å². The van der Waals surface area contributed by atoms with Crippen molar-refractivity contribution in [3.05, 3.63) is 29.5 Å². The summed E-state index contributed by atoms with van der Waals surface area (Å²) < 4.78 is 12.5. The van der Waals surface area contributed by atoms with Crippen molar-refractivity contribution >= 4 is 22.6 Å². The molecule has 156 valence electrons. The number of aryl methyl sites for hydroxylation is 2. The molecule has 0 unspecified atom stereocenters. The Bertz CT molecular complexity index is 910. The molecule has 2 N–H and O–H groups in total. The average Bonchev–Trinajstić information content (AvgIpc) is 3.09. The quantitative estimate of drug-likeness (QED) is 0.760. The molecule has 0 amide bonds. The van der Waals surface area contributed by atoms with Crippen molar-refractivity contribution < 1.29 is 9.32 Å². The molecule has 4 heterocycles.